The van der Waals surface area contributed by atoms with Crippen molar-refractivity contribution in [1.82, 2.24) is 0 Å². The number of hydrogen-bond acceptors (Lipinski definition) is 1. The lowest BCUT2D eigenvalue weighted by atomic mass is 10.0. The highest BCUT2D eigenvalue weighted by Gasteiger charge is 2.17. The zero-order valence-electron chi connectivity index (χ0n) is 12.0. The van der Waals surface area contributed by atoms with E-state index in [1.165, 1.54) is 11.1 Å². The Bertz CT molecular complexity index is 610. The van der Waals surface area contributed by atoms with Crippen molar-refractivity contribution >= 4 is 17.2 Å². The Hall–Kier alpha value is -1.74. The maximum atomic E-state index is 11.8. The molecule has 0 spiro atoms. The molecule has 2 aromatic rings. The highest BCUT2D eigenvalue weighted by molar-refractivity contribution is 7.85. The molecule has 0 aliphatic heterocycles. The van der Waals surface area contributed by atoms with Gasteiger partial charge in [0.1, 0.15) is 11.0 Å². The average molecular weight is 285 g/mol. The van der Waals surface area contributed by atoms with Crippen LogP contribution >= 0.6 is 0 Å². The Morgan fingerprint density at radius 2 is 1.45 bits per heavy atom. The van der Waals surface area contributed by atoms with Gasteiger partial charge in [-0.1, -0.05) is 54.6 Å². The van der Waals surface area contributed by atoms with Crippen LogP contribution < -0.4 is 0 Å². The molecule has 2 rings (SSSR count). The predicted octanol–water partition coefficient (Wildman–Crippen LogP) is 4.23. The lowest BCUT2D eigenvalue weighted by Gasteiger charge is -2.12. The van der Waals surface area contributed by atoms with Gasteiger partial charge in [-0.3, -0.25) is 0 Å². The molecule has 0 N–H and O–H groups in total. The van der Waals surface area contributed by atoms with Crippen molar-refractivity contribution in [2.45, 2.75) is 25.5 Å². The normalized spacial score (nSPS) is 13.6. The Labute approximate surface area is 123 Å². The van der Waals surface area contributed by atoms with E-state index in [-0.39, 0.29) is 4.75 Å². The van der Waals surface area contributed by atoms with Gasteiger partial charge in [0.05, 0.1) is 4.75 Å². The van der Waals surface area contributed by atoms with Gasteiger partial charge in [-0.25, -0.2) is 4.21 Å². The van der Waals surface area contributed by atoms with E-state index in [4.69, 9.17) is 0 Å². The topological polar surface area (TPSA) is 29.4 Å². The Morgan fingerprint density at radius 3 is 2.00 bits per heavy atom. The van der Waals surface area contributed by atoms with E-state index < -0.39 is 11.0 Å². The van der Waals surface area contributed by atoms with Crippen LogP contribution in [-0.2, 0) is 11.0 Å². The van der Waals surface area contributed by atoms with Crippen LogP contribution in [0.15, 0.2) is 59.0 Å². The summed E-state index contributed by atoms with van der Waals surface area (Å²) >= 11 is 0. The fourth-order valence-electron chi connectivity index (χ4n) is 1.66. The summed E-state index contributed by atoms with van der Waals surface area (Å²) in [7, 11) is -1.21. The van der Waals surface area contributed by atoms with Crippen LogP contribution in [0.2, 0.25) is 0 Å². The first-order valence-corrected chi connectivity index (χ1v) is 7.69. The molecule has 0 aromatic heterocycles. The molecule has 20 heavy (non-hydrogen) atoms. The third-order valence-corrected chi connectivity index (χ3v) is 4.18. The van der Waals surface area contributed by atoms with E-state index in [0.29, 0.717) is 0 Å². The van der Waals surface area contributed by atoms with Crippen molar-refractivity contribution < 1.29 is 4.21 Å². The molecule has 0 saturated carbocycles. The number of hydrogen-bond donors (Lipinski definition) is 0. The molecule has 3 heteroatoms. The standard InChI is InChI=1S/C17H19NOS/c1-17(2,3)20(19)18-13-14-9-11-16(12-10-14)15-7-5-4-6-8-15/h4-13H,1-3H3/b18-13+. The molecule has 104 valence electrons. The summed E-state index contributed by atoms with van der Waals surface area (Å²) < 4.78 is 15.6. The molecule has 0 bridgehead atoms. The van der Waals surface area contributed by atoms with Gasteiger partial charge in [0, 0.05) is 6.21 Å². The van der Waals surface area contributed by atoms with Gasteiger partial charge >= 0.3 is 0 Å². The van der Waals surface area contributed by atoms with Gasteiger partial charge in [0.2, 0.25) is 0 Å². The largest absolute Gasteiger partial charge is 0.234 e. The minimum absolute atomic E-state index is 0.319. The second-order valence-electron chi connectivity index (χ2n) is 5.58. The lowest BCUT2D eigenvalue weighted by Crippen LogP contribution is -2.19. The molecular weight excluding hydrogens is 266 g/mol. The van der Waals surface area contributed by atoms with Crippen LogP contribution in [0.4, 0.5) is 0 Å². The Balaban J connectivity index is 2.14. The Morgan fingerprint density at radius 1 is 0.900 bits per heavy atom. The maximum absolute atomic E-state index is 11.8. The average Bonchev–Trinajstić information content (AvgIpc) is 2.45. The molecule has 1 atom stereocenters. The SMILES string of the molecule is CC(C)(C)S(=O)/N=C/c1ccc(-c2ccccc2)cc1. The van der Waals surface area contributed by atoms with E-state index in [2.05, 4.69) is 28.7 Å². The minimum Gasteiger partial charge on any atom is -0.234 e. The van der Waals surface area contributed by atoms with Crippen molar-refractivity contribution in [3.63, 3.8) is 0 Å². The van der Waals surface area contributed by atoms with E-state index in [9.17, 15) is 4.21 Å². The molecule has 0 aliphatic rings. The smallest absolute Gasteiger partial charge is 0.144 e. The van der Waals surface area contributed by atoms with Crippen molar-refractivity contribution in [1.29, 1.82) is 0 Å². The van der Waals surface area contributed by atoms with Crippen LogP contribution in [0, 0.1) is 0 Å². The zero-order valence-corrected chi connectivity index (χ0v) is 12.9. The van der Waals surface area contributed by atoms with E-state index >= 15 is 0 Å². The maximum Gasteiger partial charge on any atom is 0.144 e. The van der Waals surface area contributed by atoms with E-state index in [0.717, 1.165) is 5.56 Å². The van der Waals surface area contributed by atoms with Crippen LogP contribution in [0.1, 0.15) is 26.3 Å². The van der Waals surface area contributed by atoms with Crippen LogP contribution in [-0.4, -0.2) is 15.2 Å². The van der Waals surface area contributed by atoms with Crippen LogP contribution in [0.3, 0.4) is 0 Å². The van der Waals surface area contributed by atoms with Crippen molar-refractivity contribution in [2.24, 2.45) is 4.40 Å². The minimum atomic E-state index is -1.21. The molecule has 0 amide bonds. The molecule has 0 fully saturated rings. The van der Waals surface area contributed by atoms with Crippen molar-refractivity contribution in [2.75, 3.05) is 0 Å². The fourth-order valence-corrected chi connectivity index (χ4v) is 2.19. The molecule has 2 aromatic carbocycles. The third-order valence-electron chi connectivity index (χ3n) is 2.84. The summed E-state index contributed by atoms with van der Waals surface area (Å²) in [6, 6.07) is 18.3. The summed E-state index contributed by atoms with van der Waals surface area (Å²) in [4.78, 5) is 0. The molecular formula is C17H19NOS. The highest BCUT2D eigenvalue weighted by Crippen LogP contribution is 2.19. The van der Waals surface area contributed by atoms with Crippen LogP contribution in [0.25, 0.3) is 11.1 Å². The van der Waals surface area contributed by atoms with Gasteiger partial charge in [-0.15, -0.1) is 0 Å². The number of nitrogens with zero attached hydrogens (tertiary/aromatic N) is 1. The zero-order chi connectivity index (χ0) is 14.6. The molecule has 0 heterocycles. The summed E-state index contributed by atoms with van der Waals surface area (Å²) in [5, 5.41) is 0. The quantitative estimate of drug-likeness (QED) is 0.776. The molecule has 2 nitrogen and oxygen atoms in total. The van der Waals surface area contributed by atoms with Gasteiger partial charge < -0.3 is 0 Å². The second kappa shape index (κ2) is 6.14. The number of rotatable bonds is 3. The van der Waals surface area contributed by atoms with Gasteiger partial charge in [-0.05, 0) is 37.5 Å². The monoisotopic (exact) mass is 285 g/mol. The van der Waals surface area contributed by atoms with Gasteiger partial charge in [-0.2, -0.15) is 4.40 Å². The lowest BCUT2D eigenvalue weighted by molar-refractivity contribution is 0.651. The van der Waals surface area contributed by atoms with Crippen molar-refractivity contribution in [3.05, 3.63) is 60.2 Å². The first kappa shape index (κ1) is 14.7. The molecule has 0 saturated heterocycles. The molecule has 0 aliphatic carbocycles. The fraction of sp³-hybridized carbons (Fsp3) is 0.235. The summed E-state index contributed by atoms with van der Waals surface area (Å²) in [5.41, 5.74) is 3.32. The summed E-state index contributed by atoms with van der Waals surface area (Å²) in [6.07, 6.45) is 1.68. The first-order chi connectivity index (χ1) is 9.47. The summed E-state index contributed by atoms with van der Waals surface area (Å²) in [5.74, 6) is 0. The number of benzene rings is 2. The van der Waals surface area contributed by atoms with Gasteiger partial charge in [0.25, 0.3) is 0 Å². The van der Waals surface area contributed by atoms with E-state index in [1.54, 1.807) is 6.21 Å². The first-order valence-electron chi connectivity index (χ1n) is 6.58. The summed E-state index contributed by atoms with van der Waals surface area (Å²) in [6.45, 7) is 5.75. The predicted molar refractivity (Wildman–Crippen MR) is 87.4 cm³/mol. The van der Waals surface area contributed by atoms with Crippen LogP contribution in [0.5, 0.6) is 0 Å². The van der Waals surface area contributed by atoms with E-state index in [1.807, 2.05) is 51.1 Å². The highest BCUT2D eigenvalue weighted by atomic mass is 32.2. The van der Waals surface area contributed by atoms with Crippen molar-refractivity contribution in [3.8, 4) is 11.1 Å². The third kappa shape index (κ3) is 3.87. The second-order valence-corrected chi connectivity index (χ2v) is 7.52. The molecule has 1 unspecified atom stereocenters. The Kier molecular flexibility index (Phi) is 4.50. The molecule has 0 radical (unpaired) electrons. The van der Waals surface area contributed by atoms with Gasteiger partial charge in [0.15, 0.2) is 0 Å².